The molecule has 0 bridgehead atoms. The van der Waals surface area contributed by atoms with Crippen molar-refractivity contribution in [1.29, 1.82) is 0 Å². The van der Waals surface area contributed by atoms with Crippen LogP contribution in [0, 0.1) is 0 Å². The predicted molar refractivity (Wildman–Crippen MR) is 70.9 cm³/mol. The molecule has 1 aliphatic heterocycles. The molecule has 1 aromatic heterocycles. The van der Waals surface area contributed by atoms with Crippen LogP contribution in [0.2, 0.25) is 0 Å². The number of carbonyl (C=O) groups excluding carboxylic acids is 1. The lowest BCUT2D eigenvalue weighted by atomic mass is 10.1. The molecular formula is C13H14N4O2. The number of aromatic amines is 1. The van der Waals surface area contributed by atoms with E-state index in [1.807, 2.05) is 18.2 Å². The van der Waals surface area contributed by atoms with E-state index in [4.69, 9.17) is 10.5 Å². The summed E-state index contributed by atoms with van der Waals surface area (Å²) >= 11 is 0. The van der Waals surface area contributed by atoms with Gasteiger partial charge >= 0.3 is 0 Å². The second-order valence-corrected chi connectivity index (χ2v) is 4.48. The summed E-state index contributed by atoms with van der Waals surface area (Å²) in [6, 6.07) is 5.05. The summed E-state index contributed by atoms with van der Waals surface area (Å²) in [5.74, 6) is 0.513. The third kappa shape index (κ3) is 1.96. The molecule has 6 heteroatoms. The van der Waals surface area contributed by atoms with Gasteiger partial charge in [-0.3, -0.25) is 9.89 Å². The van der Waals surface area contributed by atoms with Crippen molar-refractivity contribution in [2.45, 2.75) is 6.04 Å². The average Bonchev–Trinajstić information content (AvgIpc) is 2.94. The highest BCUT2D eigenvalue weighted by atomic mass is 16.5. The van der Waals surface area contributed by atoms with Crippen molar-refractivity contribution in [3.05, 3.63) is 30.6 Å². The summed E-state index contributed by atoms with van der Waals surface area (Å²) in [5.41, 5.74) is 8.39. The molecule has 0 radical (unpaired) electrons. The fraction of sp³-hybridized carbons (Fsp3) is 0.231. The van der Waals surface area contributed by atoms with Crippen molar-refractivity contribution in [1.82, 2.24) is 10.2 Å². The number of hydrogen-bond acceptors (Lipinski definition) is 4. The van der Waals surface area contributed by atoms with Gasteiger partial charge in [-0.1, -0.05) is 6.07 Å². The van der Waals surface area contributed by atoms with E-state index >= 15 is 0 Å². The second-order valence-electron chi connectivity index (χ2n) is 4.48. The van der Waals surface area contributed by atoms with Gasteiger partial charge in [-0.15, -0.1) is 0 Å². The van der Waals surface area contributed by atoms with Gasteiger partial charge in [0.2, 0.25) is 5.91 Å². The van der Waals surface area contributed by atoms with Crippen molar-refractivity contribution in [3.8, 4) is 16.9 Å². The van der Waals surface area contributed by atoms with Crippen LogP contribution in [0.3, 0.4) is 0 Å². The molecule has 1 aliphatic rings. The maximum atomic E-state index is 12.0. The number of likely N-dealkylation sites (N-methyl/N-ethyl adjacent to an activating group) is 1. The molecule has 1 aromatic carbocycles. The summed E-state index contributed by atoms with van der Waals surface area (Å²) in [5, 5.41) is 6.68. The molecule has 0 aliphatic carbocycles. The smallest absolute Gasteiger partial charge is 0.247 e. The van der Waals surface area contributed by atoms with Gasteiger partial charge < -0.3 is 15.4 Å². The maximum Gasteiger partial charge on any atom is 0.247 e. The monoisotopic (exact) mass is 258 g/mol. The Morgan fingerprint density at radius 2 is 2.32 bits per heavy atom. The van der Waals surface area contributed by atoms with E-state index in [9.17, 15) is 4.79 Å². The van der Waals surface area contributed by atoms with Gasteiger partial charge in [-0.05, 0) is 17.7 Å². The first kappa shape index (κ1) is 11.7. The van der Waals surface area contributed by atoms with Crippen molar-refractivity contribution in [2.75, 3.05) is 18.6 Å². The molecule has 0 saturated heterocycles. The van der Waals surface area contributed by atoms with Crippen LogP contribution in [0.5, 0.6) is 5.75 Å². The first-order valence-electron chi connectivity index (χ1n) is 5.96. The highest BCUT2D eigenvalue weighted by molar-refractivity contribution is 5.99. The number of ether oxygens (including phenoxy) is 1. The minimum atomic E-state index is -0.630. The lowest BCUT2D eigenvalue weighted by Gasteiger charge is -2.18. The van der Waals surface area contributed by atoms with Crippen molar-refractivity contribution in [2.24, 2.45) is 5.73 Å². The molecule has 0 unspecified atom stereocenters. The number of benzene rings is 1. The van der Waals surface area contributed by atoms with Gasteiger partial charge in [-0.25, -0.2) is 0 Å². The van der Waals surface area contributed by atoms with Crippen LogP contribution < -0.4 is 15.4 Å². The van der Waals surface area contributed by atoms with E-state index < -0.39 is 6.04 Å². The molecule has 2 aromatic rings. The van der Waals surface area contributed by atoms with E-state index in [1.54, 1.807) is 19.4 Å². The lowest BCUT2D eigenvalue weighted by Crippen LogP contribution is -2.43. The molecule has 0 spiro atoms. The van der Waals surface area contributed by atoms with Crippen molar-refractivity contribution in [3.63, 3.8) is 0 Å². The Morgan fingerprint density at radius 3 is 3.05 bits per heavy atom. The number of rotatable bonds is 1. The topological polar surface area (TPSA) is 84.2 Å². The zero-order valence-electron chi connectivity index (χ0n) is 10.5. The van der Waals surface area contributed by atoms with Crippen LogP contribution >= 0.6 is 0 Å². The number of carbonyl (C=O) groups is 1. The number of H-pyrrole nitrogens is 1. The minimum absolute atomic E-state index is 0.150. The lowest BCUT2D eigenvalue weighted by molar-refractivity contribution is -0.119. The van der Waals surface area contributed by atoms with Gasteiger partial charge in [0.05, 0.1) is 11.9 Å². The zero-order chi connectivity index (χ0) is 13.4. The Balaban J connectivity index is 2.07. The van der Waals surface area contributed by atoms with E-state index in [0.29, 0.717) is 5.75 Å². The number of anilines is 1. The maximum absolute atomic E-state index is 12.0. The molecular weight excluding hydrogens is 244 g/mol. The Kier molecular flexibility index (Phi) is 2.72. The fourth-order valence-electron chi connectivity index (χ4n) is 2.11. The Bertz CT molecular complexity index is 609. The largest absolute Gasteiger partial charge is 0.489 e. The van der Waals surface area contributed by atoms with E-state index in [2.05, 4.69) is 10.2 Å². The van der Waals surface area contributed by atoms with Crippen LogP contribution in [0.25, 0.3) is 11.1 Å². The third-order valence-electron chi connectivity index (χ3n) is 3.22. The van der Waals surface area contributed by atoms with Gasteiger partial charge in [0.25, 0.3) is 0 Å². The van der Waals surface area contributed by atoms with Crippen LogP contribution in [0.4, 0.5) is 5.69 Å². The highest BCUT2D eigenvalue weighted by Crippen LogP contribution is 2.34. The Hall–Kier alpha value is -2.34. The Labute approximate surface area is 110 Å². The highest BCUT2D eigenvalue weighted by Gasteiger charge is 2.26. The number of nitrogens with two attached hydrogens (primary N) is 1. The summed E-state index contributed by atoms with van der Waals surface area (Å²) in [7, 11) is 1.70. The van der Waals surface area contributed by atoms with Gasteiger partial charge in [-0.2, -0.15) is 5.10 Å². The molecule has 6 nitrogen and oxygen atoms in total. The van der Waals surface area contributed by atoms with Crippen LogP contribution in [-0.2, 0) is 4.79 Å². The number of fused-ring (bicyclic) bond motifs is 1. The number of amides is 1. The first-order valence-corrected chi connectivity index (χ1v) is 5.96. The van der Waals surface area contributed by atoms with Crippen LogP contribution in [0.1, 0.15) is 0 Å². The minimum Gasteiger partial charge on any atom is -0.489 e. The molecule has 3 N–H and O–H groups in total. The number of hydrogen-bond donors (Lipinski definition) is 2. The molecule has 3 rings (SSSR count). The normalized spacial score (nSPS) is 18.7. The molecule has 98 valence electrons. The van der Waals surface area contributed by atoms with Crippen molar-refractivity contribution < 1.29 is 9.53 Å². The second kappa shape index (κ2) is 4.40. The number of nitrogens with one attached hydrogen (secondary N) is 1. The van der Waals surface area contributed by atoms with E-state index in [-0.39, 0.29) is 12.5 Å². The van der Waals surface area contributed by atoms with Crippen molar-refractivity contribution >= 4 is 11.6 Å². The Morgan fingerprint density at radius 1 is 1.47 bits per heavy atom. The summed E-state index contributed by atoms with van der Waals surface area (Å²) in [6.07, 6.45) is 3.53. The molecule has 0 fully saturated rings. The summed E-state index contributed by atoms with van der Waals surface area (Å²) in [6.45, 7) is 0.196. The summed E-state index contributed by atoms with van der Waals surface area (Å²) < 4.78 is 5.56. The third-order valence-corrected chi connectivity index (χ3v) is 3.22. The number of nitrogens with zero attached hydrogens (tertiary/aromatic N) is 2. The zero-order valence-corrected chi connectivity index (χ0v) is 10.5. The van der Waals surface area contributed by atoms with Crippen LogP contribution in [-0.4, -0.2) is 35.8 Å². The summed E-state index contributed by atoms with van der Waals surface area (Å²) in [4.78, 5) is 13.5. The molecule has 0 saturated carbocycles. The van der Waals surface area contributed by atoms with E-state index in [0.717, 1.165) is 16.8 Å². The van der Waals surface area contributed by atoms with Gasteiger partial charge in [0.15, 0.2) is 0 Å². The molecule has 2 heterocycles. The SMILES string of the molecule is CN1C(=O)[C@@H](N)COc2ccc(-c3cn[nH]c3)cc21. The van der Waals surface area contributed by atoms with E-state index in [1.165, 1.54) is 4.90 Å². The average molecular weight is 258 g/mol. The van der Waals surface area contributed by atoms with Gasteiger partial charge in [0.1, 0.15) is 18.4 Å². The fourth-order valence-corrected chi connectivity index (χ4v) is 2.11. The molecule has 1 amide bonds. The first-order chi connectivity index (χ1) is 9.16. The predicted octanol–water partition coefficient (Wildman–Crippen LogP) is 0.759. The van der Waals surface area contributed by atoms with Crippen LogP contribution in [0.15, 0.2) is 30.6 Å². The number of aromatic nitrogens is 2. The molecule has 1 atom stereocenters. The van der Waals surface area contributed by atoms with Gasteiger partial charge in [0, 0.05) is 18.8 Å². The molecule has 19 heavy (non-hydrogen) atoms. The standard InChI is InChI=1S/C13H14N4O2/c1-17-11-4-8(9-5-15-16-6-9)2-3-12(11)19-7-10(14)13(17)18/h2-6,10H,7,14H2,1H3,(H,15,16)/t10-/m0/s1. The quantitative estimate of drug-likeness (QED) is 0.791.